The van der Waals surface area contributed by atoms with Crippen molar-refractivity contribution in [3.8, 4) is 0 Å². The fourth-order valence-electron chi connectivity index (χ4n) is 7.49. The number of H-pyrrole nitrogens is 1. The molecule has 2 bridgehead atoms. The number of ether oxygens (including phenoxy) is 6. The Bertz CT molecular complexity index is 2770. The quantitative estimate of drug-likeness (QED) is 0.0398. The highest BCUT2D eigenvalue weighted by Gasteiger charge is 2.54. The van der Waals surface area contributed by atoms with Gasteiger partial charge in [-0.25, -0.2) is 38.8 Å². The molecule has 0 aromatic carbocycles. The largest absolute Gasteiger partial charge is 0.472 e. The summed E-state index contributed by atoms with van der Waals surface area (Å²) in [5.41, 5.74) is 4.96. The number of fused-ring (bicyclic) bond motifs is 5. The first-order chi connectivity index (χ1) is 34.0. The van der Waals surface area contributed by atoms with Crippen LogP contribution >= 0.6 is 15.6 Å². The van der Waals surface area contributed by atoms with Gasteiger partial charge < -0.3 is 64.8 Å². The Labute approximate surface area is 399 Å². The number of aromatic amines is 1. The number of nitrogens with one attached hydrogen (secondary N) is 3. The van der Waals surface area contributed by atoms with Crippen LogP contribution in [-0.2, 0) is 65.2 Å². The number of phosphoric ester groups is 2. The van der Waals surface area contributed by atoms with Crippen molar-refractivity contribution in [3.63, 3.8) is 0 Å². The van der Waals surface area contributed by atoms with Crippen LogP contribution in [0.1, 0.15) is 18.9 Å². The van der Waals surface area contributed by atoms with Crippen molar-refractivity contribution in [3.05, 3.63) is 53.8 Å². The van der Waals surface area contributed by atoms with E-state index in [9.17, 15) is 48.3 Å². The minimum absolute atomic E-state index is 0.00533. The Balaban J connectivity index is 0.792. The van der Waals surface area contributed by atoms with E-state index in [2.05, 4.69) is 47.1 Å². The number of imidazole rings is 2. The molecule has 0 radical (unpaired) electrons. The van der Waals surface area contributed by atoms with E-state index in [-0.39, 0.29) is 106 Å². The van der Waals surface area contributed by atoms with Gasteiger partial charge in [0.1, 0.15) is 43.0 Å². The number of rotatable bonds is 18. The van der Waals surface area contributed by atoms with Crippen molar-refractivity contribution >= 4 is 67.6 Å². The van der Waals surface area contributed by atoms with Crippen LogP contribution in [0.3, 0.4) is 0 Å². The zero-order chi connectivity index (χ0) is 50.5. The maximum Gasteiger partial charge on any atom is 0.472 e. The molecule has 0 aliphatic carbocycles. The number of anilines is 2. The number of amides is 4. The Hall–Kier alpha value is -5.51. The number of nitrogens with two attached hydrogens (primary N) is 1. The van der Waals surface area contributed by atoms with Gasteiger partial charge in [0.05, 0.1) is 85.1 Å². The van der Waals surface area contributed by atoms with Crippen LogP contribution in [0, 0.1) is 0 Å². The Morgan fingerprint density at radius 3 is 2.07 bits per heavy atom. The van der Waals surface area contributed by atoms with Gasteiger partial charge in [-0.15, -0.1) is 0 Å². The van der Waals surface area contributed by atoms with Crippen molar-refractivity contribution in [1.82, 2.24) is 49.3 Å². The number of hydrogen-bond acceptors (Lipinski definition) is 24. The third-order valence-corrected chi connectivity index (χ3v) is 12.8. The van der Waals surface area contributed by atoms with E-state index in [1.165, 1.54) is 16.7 Å². The molecule has 8 heterocycles. The summed E-state index contributed by atoms with van der Waals surface area (Å²) in [5.74, 6) is -1.30. The van der Waals surface area contributed by atoms with Crippen molar-refractivity contribution in [1.29, 1.82) is 0 Å². The van der Waals surface area contributed by atoms with Gasteiger partial charge in [0.2, 0.25) is 11.9 Å². The SMILES string of the molecule is C=C1C=CC(=O)N1C(=O)NCCOCCOCCOCCOCCC(=O)Nc1ncnc2c1ncn2[C@@H]1O[C@@H]2COP(=O)(O)OC3[C@@H](COP(=O)(O)O[C@H]1C2O)O[C@@H](n1cnc2c(=O)[nH]c(N)nc21)[C@H]3O. The summed E-state index contributed by atoms with van der Waals surface area (Å²) in [6, 6.07) is -0.583. The lowest BCUT2D eigenvalue weighted by Gasteiger charge is -2.25. The smallest absolute Gasteiger partial charge is 0.387 e. The van der Waals surface area contributed by atoms with Crippen LogP contribution in [0.4, 0.5) is 16.6 Å². The number of carbonyl (C=O) groups excluding carboxylic acids is 3. The lowest BCUT2D eigenvalue weighted by Crippen LogP contribution is -2.41. The number of aliphatic hydroxyl groups excluding tert-OH is 2. The van der Waals surface area contributed by atoms with Crippen LogP contribution in [0.2, 0.25) is 0 Å². The van der Waals surface area contributed by atoms with Crippen molar-refractivity contribution in [2.45, 2.75) is 55.5 Å². The number of nitrogen functional groups attached to an aromatic ring is 1. The van der Waals surface area contributed by atoms with Gasteiger partial charge in [-0.3, -0.25) is 46.6 Å². The highest BCUT2D eigenvalue weighted by molar-refractivity contribution is 7.47. The van der Waals surface area contributed by atoms with E-state index in [0.717, 1.165) is 28.4 Å². The molecule has 386 valence electrons. The molecule has 4 aliphatic heterocycles. The van der Waals surface area contributed by atoms with Gasteiger partial charge >= 0.3 is 21.7 Å². The van der Waals surface area contributed by atoms with Crippen LogP contribution in [0.5, 0.6) is 0 Å². The second-order valence-electron chi connectivity index (χ2n) is 15.6. The fraction of sp³-hybridized carbons (Fsp3) is 0.541. The van der Waals surface area contributed by atoms with Crippen LogP contribution in [0.25, 0.3) is 22.3 Å². The first kappa shape index (κ1) is 51.8. The molecule has 3 saturated heterocycles. The van der Waals surface area contributed by atoms with Gasteiger partial charge in [-0.2, -0.15) is 4.98 Å². The molecular weight excluding hydrogens is 994 g/mol. The summed E-state index contributed by atoms with van der Waals surface area (Å²) < 4.78 is 83.9. The number of allylic oxidation sites excluding steroid dienone is 1. The predicted octanol–water partition coefficient (Wildman–Crippen LogP) is -1.91. The molecule has 4 aromatic heterocycles. The molecule has 3 fully saturated rings. The summed E-state index contributed by atoms with van der Waals surface area (Å²) in [6.45, 7) is 3.76. The first-order valence-corrected chi connectivity index (χ1v) is 24.5. The van der Waals surface area contributed by atoms with E-state index >= 15 is 0 Å². The number of carbonyl (C=O) groups is 3. The average molecular weight is 1040 g/mol. The summed E-state index contributed by atoms with van der Waals surface area (Å²) in [4.78, 5) is 94.4. The highest BCUT2D eigenvalue weighted by atomic mass is 31.2. The molecule has 4 aliphatic rings. The molecule has 0 spiro atoms. The van der Waals surface area contributed by atoms with E-state index in [1.807, 2.05) is 0 Å². The molecule has 0 saturated carbocycles. The number of nitrogens with zero attached hydrogens (tertiary/aromatic N) is 8. The van der Waals surface area contributed by atoms with Gasteiger partial charge in [0.15, 0.2) is 40.6 Å². The van der Waals surface area contributed by atoms with Crippen LogP contribution in [0.15, 0.2) is 48.2 Å². The highest BCUT2D eigenvalue weighted by Crippen LogP contribution is 2.53. The number of urea groups is 1. The monoisotopic (exact) mass is 1040 g/mol. The summed E-state index contributed by atoms with van der Waals surface area (Å²) in [7, 11) is -10.4. The zero-order valence-corrected chi connectivity index (χ0v) is 38.9. The molecule has 4 aromatic rings. The summed E-state index contributed by atoms with van der Waals surface area (Å²) in [6.07, 6.45) is -7.43. The molecular formula is C37H48N12O20P2. The molecule has 9 N–H and O–H groups in total. The average Bonchev–Trinajstić information content (AvgIpc) is 4.14. The second-order valence-corrected chi connectivity index (χ2v) is 18.4. The third kappa shape index (κ3) is 12.2. The minimum atomic E-state index is -5.23. The van der Waals surface area contributed by atoms with E-state index in [4.69, 9.17) is 52.2 Å². The standard InChI is InChI=1S/C37H48N12O20P2/c1-19-2-3-23(51)49(19)37(55)39-5-7-61-9-11-63-13-12-62-10-8-60-6-4-22(50)44-30-24-31(41-16-40-30)47(17-42-24)35-29-26(52)20(66-35)14-64-70(56,57)68-28-21(15-65-71(58,59)69-29)67-34(27(28)53)48-18-43-25-32(48)45-36(38)46-33(25)54/h2-3,16-18,20-21,26-29,34-35,52-53H,1,4-15H2,(H,39,55)(H,56,57)(H,58,59)(H3,38,45,46,54)(H,40,41,44,50)/t20-,21-,26?,27+,28?,29+,34-,35-/m1/s1. The molecule has 8 rings (SSSR count). The Morgan fingerprint density at radius 1 is 0.789 bits per heavy atom. The second kappa shape index (κ2) is 22.5. The number of phosphoric acid groups is 2. The normalized spacial score (nSPS) is 29.0. The number of imide groups is 1. The maximum absolute atomic E-state index is 13.5. The lowest BCUT2D eigenvalue weighted by molar-refractivity contribution is -0.121. The summed E-state index contributed by atoms with van der Waals surface area (Å²) >= 11 is 0. The van der Waals surface area contributed by atoms with Gasteiger partial charge in [-0.1, -0.05) is 6.58 Å². The van der Waals surface area contributed by atoms with Gasteiger partial charge in [0.25, 0.3) is 11.5 Å². The van der Waals surface area contributed by atoms with Crippen molar-refractivity contribution < 1.29 is 90.0 Å². The number of aromatic nitrogens is 8. The lowest BCUT2D eigenvalue weighted by atomic mass is 10.1. The zero-order valence-electron chi connectivity index (χ0n) is 37.1. The van der Waals surface area contributed by atoms with Gasteiger partial charge in [0, 0.05) is 18.3 Å². The molecule has 4 amide bonds. The predicted molar refractivity (Wildman–Crippen MR) is 234 cm³/mol. The Morgan fingerprint density at radius 2 is 1.39 bits per heavy atom. The fourth-order valence-corrected chi connectivity index (χ4v) is 9.39. The topological polar surface area (TPSA) is 419 Å². The molecule has 71 heavy (non-hydrogen) atoms. The van der Waals surface area contributed by atoms with Crippen molar-refractivity contribution in [2.24, 2.45) is 0 Å². The minimum Gasteiger partial charge on any atom is -0.387 e. The number of aliphatic hydroxyl groups is 2. The number of hydrogen-bond donors (Lipinski definition) is 8. The van der Waals surface area contributed by atoms with E-state index in [1.54, 1.807) is 0 Å². The van der Waals surface area contributed by atoms with Gasteiger partial charge in [-0.05, 0) is 6.08 Å². The summed E-state index contributed by atoms with van der Waals surface area (Å²) in [5, 5.41) is 27.8. The van der Waals surface area contributed by atoms with Crippen molar-refractivity contribution in [2.75, 3.05) is 83.7 Å². The van der Waals surface area contributed by atoms with Crippen LogP contribution < -0.4 is 21.9 Å². The third-order valence-electron chi connectivity index (χ3n) is 10.8. The van der Waals surface area contributed by atoms with E-state index in [0.29, 0.717) is 0 Å². The molecule has 34 heteroatoms. The molecule has 10 atom stereocenters. The maximum atomic E-state index is 13.5. The molecule has 32 nitrogen and oxygen atoms in total. The first-order valence-electron chi connectivity index (χ1n) is 21.5. The Kier molecular flexibility index (Phi) is 16.4. The molecule has 4 unspecified atom stereocenters. The van der Waals surface area contributed by atoms with Crippen LogP contribution in [-0.4, -0.2) is 191 Å². The van der Waals surface area contributed by atoms with E-state index < -0.39 is 101 Å².